The standard InChI is InChI=1S/C24H34N4O3/c1-18(27-14-10-21(11-15-27)28-12-3-2-4-23(28)30)16-26-13-9-19(17-26)24(31)25-20-5-7-22(29)8-6-20/h5-8,19,21,29H,1-4,9-17H2,(H,25,31). The van der Waals surface area contributed by atoms with E-state index in [4.69, 9.17) is 0 Å². The van der Waals surface area contributed by atoms with E-state index in [1.165, 1.54) is 0 Å². The van der Waals surface area contributed by atoms with Crippen LogP contribution in [0.2, 0.25) is 0 Å². The molecule has 31 heavy (non-hydrogen) atoms. The highest BCUT2D eigenvalue weighted by atomic mass is 16.3. The van der Waals surface area contributed by atoms with Crippen LogP contribution in [0.1, 0.15) is 38.5 Å². The zero-order chi connectivity index (χ0) is 21.8. The molecule has 3 aliphatic heterocycles. The highest BCUT2D eigenvalue weighted by Crippen LogP contribution is 2.25. The Bertz CT molecular complexity index is 802. The van der Waals surface area contributed by atoms with Crippen molar-refractivity contribution in [2.45, 2.75) is 44.6 Å². The zero-order valence-corrected chi connectivity index (χ0v) is 18.3. The van der Waals surface area contributed by atoms with Crippen LogP contribution in [0.25, 0.3) is 0 Å². The normalized spacial score (nSPS) is 23.2. The number of aromatic hydroxyl groups is 1. The van der Waals surface area contributed by atoms with E-state index in [0.29, 0.717) is 24.1 Å². The summed E-state index contributed by atoms with van der Waals surface area (Å²) in [6.45, 7) is 9.56. The predicted octanol–water partition coefficient (Wildman–Crippen LogP) is 2.64. The Labute approximate surface area is 184 Å². The van der Waals surface area contributed by atoms with Crippen LogP contribution in [0.5, 0.6) is 5.75 Å². The second kappa shape index (κ2) is 9.73. The number of nitrogens with zero attached hydrogens (tertiary/aromatic N) is 3. The van der Waals surface area contributed by atoms with Crippen LogP contribution in [-0.2, 0) is 9.59 Å². The van der Waals surface area contributed by atoms with E-state index in [0.717, 1.165) is 77.1 Å². The third-order valence-electron chi connectivity index (χ3n) is 6.90. The first-order valence-electron chi connectivity index (χ1n) is 11.5. The number of amides is 2. The first-order valence-corrected chi connectivity index (χ1v) is 11.5. The zero-order valence-electron chi connectivity index (χ0n) is 18.3. The van der Waals surface area contributed by atoms with Crippen molar-refractivity contribution in [3.05, 3.63) is 36.5 Å². The third-order valence-corrected chi connectivity index (χ3v) is 6.90. The fraction of sp³-hybridized carbons (Fsp3) is 0.583. The lowest BCUT2D eigenvalue weighted by atomic mass is 9.99. The maximum atomic E-state index is 12.6. The molecule has 1 unspecified atom stereocenters. The summed E-state index contributed by atoms with van der Waals surface area (Å²) in [5.41, 5.74) is 1.82. The van der Waals surface area contributed by atoms with Gasteiger partial charge in [-0.05, 0) is 62.9 Å². The number of hydrogen-bond acceptors (Lipinski definition) is 5. The molecular weight excluding hydrogens is 392 g/mol. The first kappa shape index (κ1) is 21.7. The van der Waals surface area contributed by atoms with Gasteiger partial charge in [0.2, 0.25) is 11.8 Å². The number of rotatable bonds is 6. The largest absolute Gasteiger partial charge is 0.508 e. The molecule has 4 rings (SSSR count). The molecule has 7 nitrogen and oxygen atoms in total. The molecule has 3 fully saturated rings. The number of phenolic OH excluding ortho intramolecular Hbond substituents is 1. The van der Waals surface area contributed by atoms with E-state index in [2.05, 4.69) is 26.6 Å². The predicted molar refractivity (Wildman–Crippen MR) is 121 cm³/mol. The van der Waals surface area contributed by atoms with Crippen molar-refractivity contribution in [2.24, 2.45) is 5.92 Å². The molecule has 0 spiro atoms. The van der Waals surface area contributed by atoms with E-state index in [-0.39, 0.29) is 17.6 Å². The Hall–Kier alpha value is -2.54. The molecule has 168 valence electrons. The Morgan fingerprint density at radius 3 is 2.52 bits per heavy atom. The molecule has 1 aromatic carbocycles. The van der Waals surface area contributed by atoms with Gasteiger partial charge in [-0.15, -0.1) is 0 Å². The summed E-state index contributed by atoms with van der Waals surface area (Å²) < 4.78 is 0. The molecular formula is C24H34N4O3. The second-order valence-corrected chi connectivity index (χ2v) is 9.09. The number of hydrogen-bond donors (Lipinski definition) is 2. The van der Waals surface area contributed by atoms with Crippen molar-refractivity contribution in [1.82, 2.24) is 14.7 Å². The van der Waals surface area contributed by atoms with Crippen molar-refractivity contribution in [3.63, 3.8) is 0 Å². The fourth-order valence-corrected chi connectivity index (χ4v) is 5.04. The number of nitrogens with one attached hydrogen (secondary N) is 1. The average Bonchev–Trinajstić information content (AvgIpc) is 3.24. The van der Waals surface area contributed by atoms with Crippen molar-refractivity contribution >= 4 is 17.5 Å². The van der Waals surface area contributed by atoms with Gasteiger partial charge in [0.1, 0.15) is 5.75 Å². The number of phenols is 1. The summed E-state index contributed by atoms with van der Waals surface area (Å²) >= 11 is 0. The summed E-state index contributed by atoms with van der Waals surface area (Å²) in [6.07, 6.45) is 5.76. The van der Waals surface area contributed by atoms with Crippen molar-refractivity contribution in [3.8, 4) is 5.75 Å². The molecule has 0 saturated carbocycles. The average molecular weight is 427 g/mol. The first-order chi connectivity index (χ1) is 15.0. The molecule has 0 bridgehead atoms. The summed E-state index contributed by atoms with van der Waals surface area (Å²) in [7, 11) is 0. The Morgan fingerprint density at radius 1 is 1.06 bits per heavy atom. The van der Waals surface area contributed by atoms with Crippen LogP contribution < -0.4 is 5.32 Å². The molecule has 7 heteroatoms. The minimum atomic E-state index is -0.0301. The monoisotopic (exact) mass is 426 g/mol. The van der Waals surface area contributed by atoms with Crippen LogP contribution in [0.4, 0.5) is 5.69 Å². The van der Waals surface area contributed by atoms with Gasteiger partial charge in [-0.2, -0.15) is 0 Å². The molecule has 3 aliphatic rings. The van der Waals surface area contributed by atoms with Gasteiger partial charge in [0.15, 0.2) is 0 Å². The lowest BCUT2D eigenvalue weighted by Crippen LogP contribution is -2.49. The van der Waals surface area contributed by atoms with E-state index >= 15 is 0 Å². The Balaban J connectivity index is 1.20. The molecule has 1 aromatic rings. The third kappa shape index (κ3) is 5.39. The highest BCUT2D eigenvalue weighted by Gasteiger charge is 2.32. The van der Waals surface area contributed by atoms with Gasteiger partial charge in [0, 0.05) is 56.6 Å². The topological polar surface area (TPSA) is 76.1 Å². The molecule has 0 radical (unpaired) electrons. The fourth-order valence-electron chi connectivity index (χ4n) is 5.04. The number of piperidine rings is 2. The second-order valence-electron chi connectivity index (χ2n) is 9.09. The molecule has 2 amide bonds. The van der Waals surface area contributed by atoms with Crippen LogP contribution in [0, 0.1) is 5.92 Å². The lowest BCUT2D eigenvalue weighted by Gasteiger charge is -2.41. The van der Waals surface area contributed by atoms with Gasteiger partial charge in [0.25, 0.3) is 0 Å². The van der Waals surface area contributed by atoms with Crippen molar-refractivity contribution in [2.75, 3.05) is 44.6 Å². The van der Waals surface area contributed by atoms with Gasteiger partial charge >= 0.3 is 0 Å². The van der Waals surface area contributed by atoms with Crippen molar-refractivity contribution < 1.29 is 14.7 Å². The van der Waals surface area contributed by atoms with Crippen LogP contribution in [0.15, 0.2) is 36.5 Å². The highest BCUT2D eigenvalue weighted by molar-refractivity contribution is 5.92. The number of anilines is 1. The van der Waals surface area contributed by atoms with Crippen LogP contribution in [-0.4, -0.2) is 76.9 Å². The van der Waals surface area contributed by atoms with E-state index in [1.807, 2.05) is 0 Å². The summed E-state index contributed by atoms with van der Waals surface area (Å²) in [6, 6.07) is 6.96. The molecule has 0 aromatic heterocycles. The quantitative estimate of drug-likeness (QED) is 0.684. The van der Waals surface area contributed by atoms with Gasteiger partial charge in [-0.25, -0.2) is 0 Å². The van der Waals surface area contributed by atoms with Crippen LogP contribution in [0.3, 0.4) is 0 Å². The summed E-state index contributed by atoms with van der Waals surface area (Å²) in [5, 5.41) is 12.3. The lowest BCUT2D eigenvalue weighted by molar-refractivity contribution is -0.136. The van der Waals surface area contributed by atoms with Gasteiger partial charge in [0.05, 0.1) is 5.92 Å². The van der Waals surface area contributed by atoms with Gasteiger partial charge < -0.3 is 20.2 Å². The summed E-state index contributed by atoms with van der Waals surface area (Å²) in [4.78, 5) is 31.6. The Morgan fingerprint density at radius 2 is 1.81 bits per heavy atom. The SMILES string of the molecule is C=C(CN1CCC(C(=O)Nc2ccc(O)cc2)C1)N1CCC(N2CCCCC2=O)CC1. The van der Waals surface area contributed by atoms with Crippen molar-refractivity contribution in [1.29, 1.82) is 0 Å². The number of carbonyl (C=O) groups is 2. The van der Waals surface area contributed by atoms with E-state index in [1.54, 1.807) is 24.3 Å². The number of likely N-dealkylation sites (tertiary alicyclic amines) is 3. The maximum absolute atomic E-state index is 12.6. The van der Waals surface area contributed by atoms with Gasteiger partial charge in [-0.1, -0.05) is 6.58 Å². The minimum absolute atomic E-state index is 0.0301. The van der Waals surface area contributed by atoms with Crippen LogP contribution >= 0.6 is 0 Å². The molecule has 3 heterocycles. The van der Waals surface area contributed by atoms with Gasteiger partial charge in [-0.3, -0.25) is 14.5 Å². The van der Waals surface area contributed by atoms with E-state index in [9.17, 15) is 14.7 Å². The smallest absolute Gasteiger partial charge is 0.228 e. The maximum Gasteiger partial charge on any atom is 0.228 e. The minimum Gasteiger partial charge on any atom is -0.508 e. The summed E-state index contributed by atoms with van der Waals surface area (Å²) in [5.74, 6) is 0.524. The molecule has 3 saturated heterocycles. The van der Waals surface area contributed by atoms with E-state index < -0.39 is 0 Å². The Kier molecular flexibility index (Phi) is 6.80. The molecule has 1 atom stereocenters. The number of carbonyl (C=O) groups excluding carboxylic acids is 2. The number of benzene rings is 1. The molecule has 2 N–H and O–H groups in total. The molecule has 0 aliphatic carbocycles.